The van der Waals surface area contributed by atoms with Gasteiger partial charge < -0.3 is 9.64 Å². The number of carbonyl (C=O) groups is 2. The Hall–Kier alpha value is -2.71. The van der Waals surface area contributed by atoms with E-state index in [1.54, 1.807) is 29.2 Å². The smallest absolute Gasteiger partial charge is 0.339 e. The van der Waals surface area contributed by atoms with Crippen LogP contribution in [0, 0.1) is 0 Å². The average Bonchev–Trinajstić information content (AvgIpc) is 3.61. The van der Waals surface area contributed by atoms with Crippen LogP contribution in [0.15, 0.2) is 59.5 Å². The fourth-order valence-electron chi connectivity index (χ4n) is 3.60. The molecule has 0 spiro atoms. The number of esters is 1. The molecule has 0 aromatic heterocycles. The summed E-state index contributed by atoms with van der Waals surface area (Å²) in [5, 5.41) is 0. The molecule has 7 nitrogen and oxygen atoms in total. The molecule has 1 unspecified atom stereocenters. The van der Waals surface area contributed by atoms with Crippen LogP contribution >= 0.6 is 0 Å². The molecule has 1 saturated carbocycles. The van der Waals surface area contributed by atoms with Crippen molar-refractivity contribution in [2.75, 3.05) is 13.1 Å². The number of hydrogen-bond donors (Lipinski definition) is 1. The minimum Gasteiger partial charge on any atom is -0.444 e. The van der Waals surface area contributed by atoms with Crippen molar-refractivity contribution < 1.29 is 22.7 Å². The highest BCUT2D eigenvalue weighted by Gasteiger charge is 2.31. The lowest BCUT2D eigenvalue weighted by Crippen LogP contribution is -2.40. The average molecular weight is 443 g/mol. The largest absolute Gasteiger partial charge is 0.444 e. The Morgan fingerprint density at radius 2 is 1.58 bits per heavy atom. The minimum absolute atomic E-state index is 0.00192. The van der Waals surface area contributed by atoms with Crippen molar-refractivity contribution in [2.24, 2.45) is 0 Å². The number of likely N-dealkylation sites (tertiary alicyclic amines) is 1. The number of rotatable bonds is 7. The summed E-state index contributed by atoms with van der Waals surface area (Å²) in [6.07, 6.45) is 3.61. The fraction of sp³-hybridized carbons (Fsp3) is 0.391. The number of sulfonamides is 1. The van der Waals surface area contributed by atoms with Crippen molar-refractivity contribution in [3.63, 3.8) is 0 Å². The lowest BCUT2D eigenvalue weighted by atomic mass is 10.1. The predicted octanol–water partition coefficient (Wildman–Crippen LogP) is 3.04. The monoisotopic (exact) mass is 442 g/mol. The highest BCUT2D eigenvalue weighted by atomic mass is 32.2. The number of nitrogens with zero attached hydrogens (tertiary/aromatic N) is 1. The van der Waals surface area contributed by atoms with E-state index in [0.29, 0.717) is 18.7 Å². The van der Waals surface area contributed by atoms with Gasteiger partial charge in [-0.15, -0.1) is 0 Å². The Balaban J connectivity index is 1.51. The lowest BCUT2D eigenvalue weighted by Gasteiger charge is -2.30. The van der Waals surface area contributed by atoms with Gasteiger partial charge in [-0.25, -0.2) is 17.9 Å². The first-order valence-corrected chi connectivity index (χ1v) is 12.1. The molecule has 2 fully saturated rings. The summed E-state index contributed by atoms with van der Waals surface area (Å²) in [6, 6.07) is 14.5. The van der Waals surface area contributed by atoms with Crippen molar-refractivity contribution >= 4 is 21.9 Å². The molecule has 2 aromatic rings. The Labute approximate surface area is 182 Å². The molecular formula is C23H26N2O5S. The normalized spacial score (nSPS) is 17.7. The Kier molecular flexibility index (Phi) is 6.38. The van der Waals surface area contributed by atoms with E-state index < -0.39 is 22.1 Å². The van der Waals surface area contributed by atoms with Crippen molar-refractivity contribution in [2.45, 2.75) is 49.1 Å². The van der Waals surface area contributed by atoms with E-state index in [-0.39, 0.29) is 22.4 Å². The Bertz CT molecular complexity index is 1030. The molecule has 1 amide bonds. The van der Waals surface area contributed by atoms with Gasteiger partial charge in [0.05, 0.1) is 10.5 Å². The lowest BCUT2D eigenvalue weighted by molar-refractivity contribution is -0.142. The summed E-state index contributed by atoms with van der Waals surface area (Å²) >= 11 is 0. The molecule has 1 saturated heterocycles. The van der Waals surface area contributed by atoms with Crippen molar-refractivity contribution in [3.8, 4) is 0 Å². The maximum Gasteiger partial charge on any atom is 0.339 e. The molecule has 31 heavy (non-hydrogen) atoms. The van der Waals surface area contributed by atoms with Gasteiger partial charge in [0.25, 0.3) is 5.91 Å². The highest BCUT2D eigenvalue weighted by Crippen LogP contribution is 2.25. The van der Waals surface area contributed by atoms with E-state index in [1.165, 1.54) is 24.3 Å². The first-order chi connectivity index (χ1) is 14.9. The zero-order chi connectivity index (χ0) is 21.8. The topological polar surface area (TPSA) is 92.8 Å². The molecule has 1 aliphatic carbocycles. The van der Waals surface area contributed by atoms with Gasteiger partial charge in [0.1, 0.15) is 0 Å². The molecule has 8 heteroatoms. The van der Waals surface area contributed by atoms with Gasteiger partial charge in [-0.2, -0.15) is 0 Å². The van der Waals surface area contributed by atoms with Crippen LogP contribution in [-0.2, 0) is 19.6 Å². The van der Waals surface area contributed by atoms with Crippen LogP contribution in [0.5, 0.6) is 0 Å². The number of carbonyl (C=O) groups excluding carboxylic acids is 2. The van der Waals surface area contributed by atoms with Crippen LogP contribution in [0.25, 0.3) is 0 Å². The summed E-state index contributed by atoms with van der Waals surface area (Å²) in [5.74, 6) is -0.898. The maximum atomic E-state index is 13.1. The van der Waals surface area contributed by atoms with E-state index >= 15 is 0 Å². The van der Waals surface area contributed by atoms with Crippen LogP contribution in [0.4, 0.5) is 0 Å². The van der Waals surface area contributed by atoms with Gasteiger partial charge in [0.2, 0.25) is 16.1 Å². The van der Waals surface area contributed by atoms with Gasteiger partial charge in [-0.1, -0.05) is 30.3 Å². The molecule has 1 aliphatic heterocycles. The van der Waals surface area contributed by atoms with E-state index in [0.717, 1.165) is 32.1 Å². The standard InChI is InChI=1S/C23H26N2O5S/c26-22(25-15-5-2-6-16-25)21(17-7-3-1-4-8-17)30-23(27)18-9-13-20(14-10-18)31(28,29)24-19-11-12-19/h1,3-4,7-10,13-14,19,21,24H,2,5-6,11-12,15-16H2. The van der Waals surface area contributed by atoms with Gasteiger partial charge in [0, 0.05) is 24.7 Å². The Morgan fingerprint density at radius 1 is 0.935 bits per heavy atom. The number of piperidine rings is 1. The predicted molar refractivity (Wildman–Crippen MR) is 115 cm³/mol. The van der Waals surface area contributed by atoms with Crippen LogP contribution in [0.1, 0.15) is 54.1 Å². The SMILES string of the molecule is O=C(OC(C(=O)N1CCCCC1)c1ccccc1)c1ccc(S(=O)(=O)NC2CC2)cc1. The summed E-state index contributed by atoms with van der Waals surface area (Å²) < 4.78 is 32.9. The van der Waals surface area contributed by atoms with Crippen molar-refractivity contribution in [3.05, 3.63) is 65.7 Å². The third kappa shape index (κ3) is 5.32. The summed E-state index contributed by atoms with van der Waals surface area (Å²) in [6.45, 7) is 1.31. The molecule has 1 N–H and O–H groups in total. The van der Waals surface area contributed by atoms with Crippen molar-refractivity contribution in [1.82, 2.24) is 9.62 Å². The molecule has 164 valence electrons. The summed E-state index contributed by atoms with van der Waals surface area (Å²) in [7, 11) is -3.60. The summed E-state index contributed by atoms with van der Waals surface area (Å²) in [4.78, 5) is 27.8. The number of benzene rings is 2. The van der Waals surface area contributed by atoms with Crippen LogP contribution in [0.3, 0.4) is 0 Å². The van der Waals surface area contributed by atoms with Crippen LogP contribution < -0.4 is 4.72 Å². The molecule has 2 aromatic carbocycles. The quantitative estimate of drug-likeness (QED) is 0.666. The van der Waals surface area contributed by atoms with E-state index in [4.69, 9.17) is 4.74 Å². The third-order valence-corrected chi connectivity index (χ3v) is 7.06. The van der Waals surface area contributed by atoms with Gasteiger partial charge in [0.15, 0.2) is 0 Å². The molecule has 1 heterocycles. The number of ether oxygens (including phenoxy) is 1. The third-order valence-electron chi connectivity index (χ3n) is 5.52. The zero-order valence-corrected chi connectivity index (χ0v) is 18.0. The fourth-order valence-corrected chi connectivity index (χ4v) is 4.91. The number of nitrogens with one attached hydrogen (secondary N) is 1. The van der Waals surface area contributed by atoms with Gasteiger partial charge in [-0.3, -0.25) is 4.79 Å². The van der Waals surface area contributed by atoms with E-state index in [9.17, 15) is 18.0 Å². The second-order valence-corrected chi connectivity index (χ2v) is 9.72. The van der Waals surface area contributed by atoms with Gasteiger partial charge >= 0.3 is 5.97 Å². The molecular weight excluding hydrogens is 416 g/mol. The Morgan fingerprint density at radius 3 is 2.19 bits per heavy atom. The van der Waals surface area contributed by atoms with Crippen molar-refractivity contribution in [1.29, 1.82) is 0 Å². The summed E-state index contributed by atoms with van der Waals surface area (Å²) in [5.41, 5.74) is 0.803. The molecule has 0 bridgehead atoms. The molecule has 4 rings (SSSR count). The van der Waals surface area contributed by atoms with Crippen LogP contribution in [0.2, 0.25) is 0 Å². The molecule has 0 radical (unpaired) electrons. The van der Waals surface area contributed by atoms with Crippen LogP contribution in [-0.4, -0.2) is 44.3 Å². The van der Waals surface area contributed by atoms with E-state index in [2.05, 4.69) is 4.72 Å². The first kappa shape index (κ1) is 21.5. The zero-order valence-electron chi connectivity index (χ0n) is 17.2. The molecule has 2 aliphatic rings. The molecule has 1 atom stereocenters. The highest BCUT2D eigenvalue weighted by molar-refractivity contribution is 7.89. The first-order valence-electron chi connectivity index (χ1n) is 10.6. The van der Waals surface area contributed by atoms with Gasteiger partial charge in [-0.05, 0) is 56.4 Å². The second-order valence-electron chi connectivity index (χ2n) is 8.00. The number of hydrogen-bond acceptors (Lipinski definition) is 5. The number of amides is 1. The maximum absolute atomic E-state index is 13.1. The van der Waals surface area contributed by atoms with E-state index in [1.807, 2.05) is 6.07 Å². The second kappa shape index (κ2) is 9.20. The minimum atomic E-state index is -3.60.